The molecule has 1 fully saturated rings. The van der Waals surface area contributed by atoms with Crippen LogP contribution in [0.25, 0.3) is 0 Å². The van der Waals surface area contributed by atoms with Gasteiger partial charge in [0.1, 0.15) is 0 Å². The fourth-order valence-corrected chi connectivity index (χ4v) is 2.84. The Morgan fingerprint density at radius 1 is 1.53 bits per heavy atom. The van der Waals surface area contributed by atoms with Crippen LogP contribution in [-0.2, 0) is 7.05 Å². The SMILES string of the molecule is CCC1(CC)CNC[C@@H]1c1ccn(C)n1. The molecule has 2 heterocycles. The van der Waals surface area contributed by atoms with Gasteiger partial charge in [-0.25, -0.2) is 0 Å². The number of nitrogens with zero attached hydrogens (tertiary/aromatic N) is 2. The Hall–Kier alpha value is -0.830. The zero-order valence-electron chi connectivity index (χ0n) is 9.95. The van der Waals surface area contributed by atoms with E-state index in [-0.39, 0.29) is 0 Å². The lowest BCUT2D eigenvalue weighted by Gasteiger charge is -2.31. The molecule has 1 aromatic heterocycles. The summed E-state index contributed by atoms with van der Waals surface area (Å²) in [6.45, 7) is 6.82. The van der Waals surface area contributed by atoms with Crippen LogP contribution in [0.1, 0.15) is 38.3 Å². The second-order valence-corrected chi connectivity index (χ2v) is 4.67. The minimum Gasteiger partial charge on any atom is -0.315 e. The quantitative estimate of drug-likeness (QED) is 0.820. The smallest absolute Gasteiger partial charge is 0.0674 e. The molecular weight excluding hydrogens is 186 g/mol. The third-order valence-corrected chi connectivity index (χ3v) is 4.06. The van der Waals surface area contributed by atoms with E-state index in [9.17, 15) is 0 Å². The predicted molar refractivity (Wildman–Crippen MR) is 61.8 cm³/mol. The Labute approximate surface area is 91.9 Å². The van der Waals surface area contributed by atoms with E-state index in [0.717, 1.165) is 13.1 Å². The van der Waals surface area contributed by atoms with E-state index >= 15 is 0 Å². The molecule has 1 N–H and O–H groups in total. The van der Waals surface area contributed by atoms with Crippen molar-refractivity contribution >= 4 is 0 Å². The van der Waals surface area contributed by atoms with Crippen LogP contribution in [0.3, 0.4) is 0 Å². The van der Waals surface area contributed by atoms with Crippen LogP contribution in [0.2, 0.25) is 0 Å². The average molecular weight is 207 g/mol. The highest BCUT2D eigenvalue weighted by Crippen LogP contribution is 2.43. The molecule has 3 heteroatoms. The number of aromatic nitrogens is 2. The van der Waals surface area contributed by atoms with Crippen LogP contribution in [-0.4, -0.2) is 22.9 Å². The lowest BCUT2D eigenvalue weighted by molar-refractivity contribution is 0.256. The molecule has 1 aliphatic rings. The van der Waals surface area contributed by atoms with Crippen molar-refractivity contribution in [3.8, 4) is 0 Å². The van der Waals surface area contributed by atoms with Gasteiger partial charge in [-0.15, -0.1) is 0 Å². The summed E-state index contributed by atoms with van der Waals surface area (Å²) in [6.07, 6.45) is 4.51. The summed E-state index contributed by atoms with van der Waals surface area (Å²) in [5, 5.41) is 8.08. The van der Waals surface area contributed by atoms with Crippen LogP contribution in [0, 0.1) is 5.41 Å². The minimum atomic E-state index is 0.425. The standard InChI is InChI=1S/C12H21N3/c1-4-12(5-2)9-13-8-10(12)11-6-7-15(3)14-11/h6-7,10,13H,4-5,8-9H2,1-3H3/t10-/m1/s1. The van der Waals surface area contributed by atoms with Gasteiger partial charge in [-0.1, -0.05) is 13.8 Å². The number of hydrogen-bond acceptors (Lipinski definition) is 2. The molecule has 1 saturated heterocycles. The first-order chi connectivity index (χ1) is 7.22. The van der Waals surface area contributed by atoms with Crippen LogP contribution < -0.4 is 5.32 Å². The summed E-state index contributed by atoms with van der Waals surface area (Å²) in [5.41, 5.74) is 1.68. The van der Waals surface area contributed by atoms with Gasteiger partial charge < -0.3 is 5.32 Å². The normalized spacial score (nSPS) is 24.6. The fourth-order valence-electron chi connectivity index (χ4n) is 2.84. The van der Waals surface area contributed by atoms with Crippen molar-refractivity contribution in [2.75, 3.05) is 13.1 Å². The summed E-state index contributed by atoms with van der Waals surface area (Å²) in [4.78, 5) is 0. The Bertz CT molecular complexity index is 325. The minimum absolute atomic E-state index is 0.425. The maximum atomic E-state index is 4.56. The van der Waals surface area contributed by atoms with Gasteiger partial charge in [-0.2, -0.15) is 5.10 Å². The van der Waals surface area contributed by atoms with E-state index in [4.69, 9.17) is 0 Å². The number of aryl methyl sites for hydroxylation is 1. The van der Waals surface area contributed by atoms with Crippen LogP contribution >= 0.6 is 0 Å². The third-order valence-electron chi connectivity index (χ3n) is 4.06. The number of hydrogen-bond donors (Lipinski definition) is 1. The topological polar surface area (TPSA) is 29.9 Å². The molecule has 0 aromatic carbocycles. The summed E-state index contributed by atoms with van der Waals surface area (Å²) < 4.78 is 1.91. The summed E-state index contributed by atoms with van der Waals surface area (Å²) in [6, 6.07) is 2.16. The van der Waals surface area contributed by atoms with Crippen LogP contribution in [0.4, 0.5) is 0 Å². The highest BCUT2D eigenvalue weighted by Gasteiger charge is 2.41. The van der Waals surface area contributed by atoms with E-state index in [1.807, 2.05) is 17.9 Å². The lowest BCUT2D eigenvalue weighted by atomic mass is 9.72. The summed E-state index contributed by atoms with van der Waals surface area (Å²) >= 11 is 0. The van der Waals surface area contributed by atoms with Crippen molar-refractivity contribution in [1.82, 2.24) is 15.1 Å². The molecule has 1 aromatic rings. The molecule has 0 spiro atoms. The van der Waals surface area contributed by atoms with Gasteiger partial charge in [-0.05, 0) is 24.3 Å². The van der Waals surface area contributed by atoms with E-state index in [2.05, 4.69) is 30.3 Å². The molecular formula is C12H21N3. The van der Waals surface area contributed by atoms with Crippen LogP contribution in [0.15, 0.2) is 12.3 Å². The zero-order chi connectivity index (χ0) is 10.9. The third kappa shape index (κ3) is 1.69. The molecule has 84 valence electrons. The van der Waals surface area contributed by atoms with E-state index in [1.165, 1.54) is 18.5 Å². The van der Waals surface area contributed by atoms with Gasteiger partial charge in [0.15, 0.2) is 0 Å². The van der Waals surface area contributed by atoms with Crippen molar-refractivity contribution in [3.05, 3.63) is 18.0 Å². The first-order valence-corrected chi connectivity index (χ1v) is 5.92. The van der Waals surface area contributed by atoms with Crippen molar-refractivity contribution in [2.24, 2.45) is 12.5 Å². The van der Waals surface area contributed by atoms with Gasteiger partial charge in [0.2, 0.25) is 0 Å². The van der Waals surface area contributed by atoms with Gasteiger partial charge >= 0.3 is 0 Å². The second kappa shape index (κ2) is 3.97. The van der Waals surface area contributed by atoms with Gasteiger partial charge in [0.05, 0.1) is 5.69 Å². The van der Waals surface area contributed by atoms with E-state index < -0.39 is 0 Å². The van der Waals surface area contributed by atoms with Gasteiger partial charge in [0, 0.05) is 32.3 Å². The molecule has 0 aliphatic carbocycles. The summed E-state index contributed by atoms with van der Waals surface area (Å²) in [5.74, 6) is 0.591. The molecule has 2 rings (SSSR count). The second-order valence-electron chi connectivity index (χ2n) is 4.67. The molecule has 3 nitrogen and oxygen atoms in total. The highest BCUT2D eigenvalue weighted by molar-refractivity contribution is 5.15. The molecule has 0 saturated carbocycles. The Balaban J connectivity index is 2.28. The molecule has 0 amide bonds. The fraction of sp³-hybridized carbons (Fsp3) is 0.750. The Morgan fingerprint density at radius 2 is 2.27 bits per heavy atom. The Kier molecular flexibility index (Phi) is 2.83. The van der Waals surface area contributed by atoms with E-state index in [1.54, 1.807) is 0 Å². The monoisotopic (exact) mass is 207 g/mol. The highest BCUT2D eigenvalue weighted by atomic mass is 15.3. The number of rotatable bonds is 3. The van der Waals surface area contributed by atoms with Crippen molar-refractivity contribution < 1.29 is 0 Å². The van der Waals surface area contributed by atoms with Crippen molar-refractivity contribution in [2.45, 2.75) is 32.6 Å². The lowest BCUT2D eigenvalue weighted by Crippen LogP contribution is -2.27. The number of nitrogens with one attached hydrogen (secondary N) is 1. The molecule has 1 aliphatic heterocycles. The van der Waals surface area contributed by atoms with Crippen molar-refractivity contribution in [1.29, 1.82) is 0 Å². The van der Waals surface area contributed by atoms with Crippen LogP contribution in [0.5, 0.6) is 0 Å². The maximum absolute atomic E-state index is 4.56. The van der Waals surface area contributed by atoms with Gasteiger partial charge in [0.25, 0.3) is 0 Å². The molecule has 0 unspecified atom stereocenters. The molecule has 0 radical (unpaired) electrons. The largest absolute Gasteiger partial charge is 0.315 e. The molecule has 0 bridgehead atoms. The first kappa shape index (κ1) is 10.7. The van der Waals surface area contributed by atoms with Gasteiger partial charge in [-0.3, -0.25) is 4.68 Å². The average Bonchev–Trinajstić information content (AvgIpc) is 2.83. The first-order valence-electron chi connectivity index (χ1n) is 5.92. The Morgan fingerprint density at radius 3 is 2.80 bits per heavy atom. The van der Waals surface area contributed by atoms with Crippen molar-refractivity contribution in [3.63, 3.8) is 0 Å². The predicted octanol–water partition coefficient (Wildman–Crippen LogP) is 1.91. The maximum Gasteiger partial charge on any atom is 0.0674 e. The molecule has 1 atom stereocenters. The zero-order valence-corrected chi connectivity index (χ0v) is 9.95. The van der Waals surface area contributed by atoms with E-state index in [0.29, 0.717) is 11.3 Å². The summed E-state index contributed by atoms with van der Waals surface area (Å²) in [7, 11) is 1.99. The molecule has 15 heavy (non-hydrogen) atoms.